The van der Waals surface area contributed by atoms with Gasteiger partial charge < -0.3 is 18.9 Å². The Hall–Kier alpha value is -1.76. The molecule has 0 amide bonds. The fourth-order valence-corrected chi connectivity index (χ4v) is 5.83. The summed E-state index contributed by atoms with van der Waals surface area (Å²) in [6.45, 7) is 3.77. The van der Waals surface area contributed by atoms with Crippen LogP contribution in [0.4, 0.5) is 0 Å². The predicted octanol–water partition coefficient (Wildman–Crippen LogP) is 8.87. The molecule has 0 fully saturated rings. The van der Waals surface area contributed by atoms with Gasteiger partial charge >= 0.3 is 23.9 Å². The van der Waals surface area contributed by atoms with Crippen molar-refractivity contribution >= 4 is 70.9 Å². The van der Waals surface area contributed by atoms with Crippen LogP contribution < -0.4 is 0 Å². The van der Waals surface area contributed by atoms with Gasteiger partial charge in [-0.2, -0.15) is 0 Å². The number of carbonyl (C=O) groups is 4. The highest BCUT2D eigenvalue weighted by atomic mass is 32.2. The maximum atomic E-state index is 11.8. The summed E-state index contributed by atoms with van der Waals surface area (Å²) in [6, 6.07) is 0. The number of unbranched alkanes of at least 4 members (excludes halogenated alkanes) is 9. The molecule has 0 radical (unpaired) electrons. The first-order valence-electron chi connectivity index (χ1n) is 16.2. The molecule has 12 heteroatoms. The van der Waals surface area contributed by atoms with E-state index in [0.717, 1.165) is 81.5 Å². The maximum Gasteiger partial charge on any atom is 0.331 e. The van der Waals surface area contributed by atoms with E-state index < -0.39 is 0 Å². The van der Waals surface area contributed by atoms with E-state index in [2.05, 4.69) is 6.92 Å². The van der Waals surface area contributed by atoms with Gasteiger partial charge in [-0.05, 0) is 116 Å². The van der Waals surface area contributed by atoms with Crippen LogP contribution in [0.1, 0.15) is 90.4 Å². The zero-order valence-corrected chi connectivity index (χ0v) is 30.9. The fourth-order valence-electron chi connectivity index (χ4n) is 3.44. The number of ether oxygens (including phenoxy) is 4. The monoisotopic (exact) mass is 718 g/mol. The topological polar surface area (TPSA) is 105 Å². The van der Waals surface area contributed by atoms with E-state index >= 15 is 0 Å². The van der Waals surface area contributed by atoms with Crippen LogP contribution in [0.25, 0.3) is 0 Å². The molecule has 0 aromatic heterocycles. The molecule has 0 saturated carbocycles. The van der Waals surface area contributed by atoms with E-state index in [4.69, 9.17) is 18.9 Å². The molecule has 0 aromatic carbocycles. The van der Waals surface area contributed by atoms with Gasteiger partial charge in [0.25, 0.3) is 0 Å². The Morgan fingerprint density at radius 2 is 0.739 bits per heavy atom. The van der Waals surface area contributed by atoms with Gasteiger partial charge in [0.2, 0.25) is 0 Å². The van der Waals surface area contributed by atoms with Crippen molar-refractivity contribution < 1.29 is 38.1 Å². The lowest BCUT2D eigenvalue weighted by molar-refractivity contribution is -0.139. The zero-order valence-electron chi connectivity index (χ0n) is 27.7. The lowest BCUT2D eigenvalue weighted by Crippen LogP contribution is -2.03. The molecule has 0 rings (SSSR count). The minimum Gasteiger partial charge on any atom is -0.463 e. The molecule has 0 aliphatic rings. The first-order valence-corrected chi connectivity index (χ1v) is 20.6. The summed E-state index contributed by atoms with van der Waals surface area (Å²) in [4.78, 5) is 46.5. The van der Waals surface area contributed by atoms with Crippen molar-refractivity contribution in [3.63, 3.8) is 0 Å². The molecule has 0 N–H and O–H groups in total. The summed E-state index contributed by atoms with van der Waals surface area (Å²) in [5.74, 6) is 1.58. The molecule has 46 heavy (non-hydrogen) atoms. The second-order valence-electron chi connectivity index (χ2n) is 9.97. The van der Waals surface area contributed by atoms with Crippen LogP contribution in [-0.4, -0.2) is 73.8 Å². The van der Waals surface area contributed by atoms with E-state index in [1.54, 1.807) is 51.5 Å². The molecule has 8 nitrogen and oxygen atoms in total. The highest BCUT2D eigenvalue weighted by Gasteiger charge is 2.01. The Kier molecular flexibility index (Phi) is 34.7. The smallest absolute Gasteiger partial charge is 0.331 e. The van der Waals surface area contributed by atoms with Crippen molar-refractivity contribution in [2.45, 2.75) is 90.4 Å². The van der Waals surface area contributed by atoms with E-state index in [-0.39, 0.29) is 23.9 Å². The van der Waals surface area contributed by atoms with Crippen LogP contribution >= 0.6 is 47.0 Å². The standard InChI is InChI=1S/C34H54O8S4/c1-3-4-13-24-44-28-17-32(36)40-21-11-7-8-12-23-42-34(38)19-30-46-26-15-14-25-45-29-18-33(37)41-22-10-6-5-9-20-39-31(35)16-27-43-2/h16-19,27-30H,3-15,20-26H2,1-2H3/b27-16-,28-17+,29-18-,30-19+. The van der Waals surface area contributed by atoms with Gasteiger partial charge in [-0.1, -0.05) is 19.8 Å². The largest absolute Gasteiger partial charge is 0.463 e. The summed E-state index contributed by atoms with van der Waals surface area (Å²) >= 11 is 6.25. The summed E-state index contributed by atoms with van der Waals surface area (Å²) in [6.07, 6.45) is 20.2. The Morgan fingerprint density at radius 1 is 0.435 bits per heavy atom. The quantitative estimate of drug-likeness (QED) is 0.0296. The molecule has 0 bridgehead atoms. The Bertz CT molecular complexity index is 906. The van der Waals surface area contributed by atoms with Gasteiger partial charge in [0, 0.05) is 24.3 Å². The van der Waals surface area contributed by atoms with Gasteiger partial charge in [-0.15, -0.1) is 47.0 Å². The highest BCUT2D eigenvalue weighted by Crippen LogP contribution is 2.12. The third kappa shape index (κ3) is 35.1. The fraction of sp³-hybridized carbons (Fsp3) is 0.647. The number of esters is 4. The van der Waals surface area contributed by atoms with Gasteiger partial charge in [0.15, 0.2) is 0 Å². The van der Waals surface area contributed by atoms with Crippen LogP contribution in [0.3, 0.4) is 0 Å². The zero-order chi connectivity index (χ0) is 33.8. The molecular formula is C34H54O8S4. The molecule has 0 aliphatic carbocycles. The first kappa shape index (κ1) is 44.2. The molecule has 0 saturated heterocycles. The third-order valence-corrected chi connectivity index (χ3v) is 8.90. The van der Waals surface area contributed by atoms with Crippen LogP contribution in [-0.2, 0) is 38.1 Å². The van der Waals surface area contributed by atoms with Crippen molar-refractivity contribution in [2.24, 2.45) is 0 Å². The number of rotatable bonds is 31. The number of carbonyl (C=O) groups excluding carboxylic acids is 4. The molecule has 0 atom stereocenters. The SMILES string of the molecule is CCCCCS/C=C/C(=O)OCCCCCCOC(=O)/C=C/SCCCCS/C=C\C(=O)OCCCCCCOC(=O)/C=C\SC. The summed E-state index contributed by atoms with van der Waals surface area (Å²) in [5.41, 5.74) is 0. The summed E-state index contributed by atoms with van der Waals surface area (Å²) in [7, 11) is 0. The van der Waals surface area contributed by atoms with Gasteiger partial charge in [-0.25, -0.2) is 19.2 Å². The second kappa shape index (κ2) is 36.1. The average Bonchev–Trinajstić information content (AvgIpc) is 3.04. The van der Waals surface area contributed by atoms with Gasteiger partial charge in [0.05, 0.1) is 26.4 Å². The lowest BCUT2D eigenvalue weighted by Gasteiger charge is -2.03. The molecule has 0 aliphatic heterocycles. The molecule has 0 heterocycles. The molecule has 262 valence electrons. The molecule has 0 spiro atoms. The molecular weight excluding hydrogens is 665 g/mol. The first-order chi connectivity index (χ1) is 22.5. The van der Waals surface area contributed by atoms with Crippen LogP contribution in [0.15, 0.2) is 45.9 Å². The summed E-state index contributed by atoms with van der Waals surface area (Å²) < 4.78 is 20.7. The lowest BCUT2D eigenvalue weighted by atomic mass is 10.2. The number of hydrogen-bond acceptors (Lipinski definition) is 12. The van der Waals surface area contributed by atoms with Crippen molar-refractivity contribution in [1.82, 2.24) is 0 Å². The Balaban J connectivity index is 3.49. The van der Waals surface area contributed by atoms with Crippen molar-refractivity contribution in [1.29, 1.82) is 0 Å². The number of thioether (sulfide) groups is 4. The van der Waals surface area contributed by atoms with E-state index in [0.29, 0.717) is 26.4 Å². The maximum absolute atomic E-state index is 11.8. The molecule has 0 aromatic rings. The van der Waals surface area contributed by atoms with Crippen molar-refractivity contribution in [3.05, 3.63) is 45.9 Å². The third-order valence-electron chi connectivity index (χ3n) is 5.94. The predicted molar refractivity (Wildman–Crippen MR) is 197 cm³/mol. The minimum absolute atomic E-state index is 0.291. The number of hydrogen-bond donors (Lipinski definition) is 0. The van der Waals surface area contributed by atoms with Crippen LogP contribution in [0.2, 0.25) is 0 Å². The second-order valence-corrected chi connectivity index (χ2v) is 13.8. The van der Waals surface area contributed by atoms with Crippen LogP contribution in [0.5, 0.6) is 0 Å². The normalized spacial score (nSPS) is 11.6. The van der Waals surface area contributed by atoms with Crippen molar-refractivity contribution in [3.8, 4) is 0 Å². The van der Waals surface area contributed by atoms with Crippen LogP contribution in [0, 0.1) is 0 Å². The Labute approximate surface area is 294 Å². The van der Waals surface area contributed by atoms with E-state index in [1.165, 1.54) is 55.3 Å². The molecule has 0 unspecified atom stereocenters. The van der Waals surface area contributed by atoms with E-state index in [1.807, 2.05) is 11.7 Å². The summed E-state index contributed by atoms with van der Waals surface area (Å²) in [5, 5.41) is 7.05. The minimum atomic E-state index is -0.330. The van der Waals surface area contributed by atoms with Gasteiger partial charge in [-0.3, -0.25) is 0 Å². The van der Waals surface area contributed by atoms with E-state index in [9.17, 15) is 19.2 Å². The van der Waals surface area contributed by atoms with Crippen molar-refractivity contribution in [2.75, 3.05) is 49.9 Å². The Morgan fingerprint density at radius 3 is 1.04 bits per heavy atom. The highest BCUT2D eigenvalue weighted by molar-refractivity contribution is 8.02. The van der Waals surface area contributed by atoms with Gasteiger partial charge in [0.1, 0.15) is 0 Å². The average molecular weight is 719 g/mol.